The van der Waals surface area contributed by atoms with E-state index in [9.17, 15) is 23.7 Å². The number of rotatable bonds is 3. The molecule has 0 saturated carbocycles. The van der Waals surface area contributed by atoms with E-state index in [1.807, 2.05) is 0 Å². The zero-order valence-corrected chi connectivity index (χ0v) is 7.55. The number of pyridine rings is 1. The van der Waals surface area contributed by atoms with E-state index in [-0.39, 0.29) is 6.29 Å². The Morgan fingerprint density at radius 2 is 2.25 bits per heavy atom. The second-order valence-corrected chi connectivity index (χ2v) is 2.62. The minimum Gasteiger partial charge on any atom is -0.298 e. The first-order chi connectivity index (χ1) is 7.51. The lowest BCUT2D eigenvalue weighted by Gasteiger charge is -2.02. The van der Waals surface area contributed by atoms with Crippen molar-refractivity contribution in [3.05, 3.63) is 33.1 Å². The monoisotopic (exact) mass is 227 g/mol. The number of aromatic nitrogens is 1. The van der Waals surface area contributed by atoms with Gasteiger partial charge in [0.05, 0.1) is 4.92 Å². The van der Waals surface area contributed by atoms with Gasteiger partial charge in [-0.2, -0.15) is 5.26 Å². The van der Waals surface area contributed by atoms with Crippen molar-refractivity contribution in [2.75, 3.05) is 0 Å². The first kappa shape index (κ1) is 11.6. The normalized spacial score (nSPS) is 9.88. The van der Waals surface area contributed by atoms with Gasteiger partial charge in [0.15, 0.2) is 12.0 Å². The Kier molecular flexibility index (Phi) is 3.20. The molecule has 0 aromatic carbocycles. The van der Waals surface area contributed by atoms with Crippen LogP contribution in [0.1, 0.15) is 28.2 Å². The van der Waals surface area contributed by atoms with Crippen LogP contribution in [0.4, 0.5) is 14.5 Å². The summed E-state index contributed by atoms with van der Waals surface area (Å²) in [7, 11) is 0. The zero-order valence-electron chi connectivity index (χ0n) is 7.55. The number of aldehydes is 1. The lowest BCUT2D eigenvalue weighted by atomic mass is 10.1. The highest BCUT2D eigenvalue weighted by atomic mass is 19.3. The fourth-order valence-corrected chi connectivity index (χ4v) is 1.02. The molecule has 16 heavy (non-hydrogen) atoms. The molecule has 1 aromatic rings. The summed E-state index contributed by atoms with van der Waals surface area (Å²) < 4.78 is 24.6. The van der Waals surface area contributed by atoms with Crippen LogP contribution in [0.25, 0.3) is 0 Å². The summed E-state index contributed by atoms with van der Waals surface area (Å²) >= 11 is 0. The number of alkyl halides is 2. The minimum absolute atomic E-state index is 0.0406. The quantitative estimate of drug-likeness (QED) is 0.443. The van der Waals surface area contributed by atoms with Crippen molar-refractivity contribution in [3.63, 3.8) is 0 Å². The molecule has 0 aliphatic rings. The summed E-state index contributed by atoms with van der Waals surface area (Å²) in [5.74, 6) is 0. The van der Waals surface area contributed by atoms with E-state index in [1.54, 1.807) is 0 Å². The molecular weight excluding hydrogens is 224 g/mol. The lowest BCUT2D eigenvalue weighted by molar-refractivity contribution is -0.385. The molecule has 0 radical (unpaired) electrons. The molecule has 0 spiro atoms. The minimum atomic E-state index is -3.05. The van der Waals surface area contributed by atoms with Crippen LogP contribution in [0.15, 0.2) is 6.07 Å². The number of nitrogens with zero attached hydrogens (tertiary/aromatic N) is 3. The molecule has 6 nitrogen and oxygen atoms in total. The van der Waals surface area contributed by atoms with Crippen LogP contribution in [-0.2, 0) is 0 Å². The van der Waals surface area contributed by atoms with Gasteiger partial charge in [-0.05, 0) is 0 Å². The highest BCUT2D eigenvalue weighted by Crippen LogP contribution is 2.25. The van der Waals surface area contributed by atoms with Crippen molar-refractivity contribution in [1.29, 1.82) is 5.26 Å². The zero-order chi connectivity index (χ0) is 12.3. The lowest BCUT2D eigenvalue weighted by Crippen LogP contribution is -2.03. The Labute approximate surface area is 87.3 Å². The summed E-state index contributed by atoms with van der Waals surface area (Å²) in [6.07, 6.45) is -3.01. The summed E-state index contributed by atoms with van der Waals surface area (Å²) in [5, 5.41) is 19.0. The molecule has 0 unspecified atom stereocenters. The molecule has 8 heteroatoms. The molecule has 1 rings (SSSR count). The van der Waals surface area contributed by atoms with E-state index in [2.05, 4.69) is 4.98 Å². The van der Waals surface area contributed by atoms with Crippen molar-refractivity contribution in [2.24, 2.45) is 0 Å². The molecule has 0 aliphatic heterocycles. The van der Waals surface area contributed by atoms with Gasteiger partial charge in [0.25, 0.3) is 12.1 Å². The molecule has 0 amide bonds. The topological polar surface area (TPSA) is 96.9 Å². The maximum absolute atomic E-state index is 12.3. The standard InChI is InChI=1S/C8H3F2N3O3/c9-8(10)5-1-7(13(15)16)4(3-14)6(2-11)12-5/h1,3,8H. The van der Waals surface area contributed by atoms with Crippen molar-refractivity contribution in [2.45, 2.75) is 6.43 Å². The summed E-state index contributed by atoms with van der Waals surface area (Å²) in [6.45, 7) is 0. The second kappa shape index (κ2) is 4.39. The Morgan fingerprint density at radius 1 is 1.62 bits per heavy atom. The van der Waals surface area contributed by atoms with E-state index < -0.39 is 34.0 Å². The fourth-order valence-electron chi connectivity index (χ4n) is 1.02. The molecule has 82 valence electrons. The van der Waals surface area contributed by atoms with Crippen molar-refractivity contribution < 1.29 is 18.5 Å². The van der Waals surface area contributed by atoms with Crippen LogP contribution >= 0.6 is 0 Å². The fraction of sp³-hybridized carbons (Fsp3) is 0.125. The second-order valence-electron chi connectivity index (χ2n) is 2.62. The van der Waals surface area contributed by atoms with Gasteiger partial charge in [0, 0.05) is 6.07 Å². The van der Waals surface area contributed by atoms with E-state index in [1.165, 1.54) is 6.07 Å². The van der Waals surface area contributed by atoms with Crippen LogP contribution < -0.4 is 0 Å². The van der Waals surface area contributed by atoms with E-state index in [0.29, 0.717) is 6.07 Å². The SMILES string of the molecule is N#Cc1nc(C(F)F)cc([N+](=O)[O-])c1C=O. The van der Waals surface area contributed by atoms with Crippen LogP contribution in [-0.4, -0.2) is 16.2 Å². The summed E-state index contributed by atoms with van der Waals surface area (Å²) in [6, 6.07) is 1.84. The molecule has 0 bridgehead atoms. The molecular formula is C8H3F2N3O3. The van der Waals surface area contributed by atoms with Crippen LogP contribution in [0.3, 0.4) is 0 Å². The maximum atomic E-state index is 12.3. The number of hydrogen-bond acceptors (Lipinski definition) is 5. The molecule has 1 heterocycles. The number of carbonyl (C=O) groups is 1. The third kappa shape index (κ3) is 1.98. The number of nitriles is 1. The molecule has 0 saturated heterocycles. The predicted molar refractivity (Wildman–Crippen MR) is 46.0 cm³/mol. The number of carbonyl (C=O) groups excluding carboxylic acids is 1. The largest absolute Gasteiger partial charge is 0.298 e. The van der Waals surface area contributed by atoms with Gasteiger partial charge in [-0.1, -0.05) is 0 Å². The number of halogens is 2. The van der Waals surface area contributed by atoms with Gasteiger partial charge < -0.3 is 0 Å². The number of nitro groups is 1. The molecule has 0 atom stereocenters. The third-order valence-corrected chi connectivity index (χ3v) is 1.70. The van der Waals surface area contributed by atoms with Gasteiger partial charge in [-0.15, -0.1) is 0 Å². The van der Waals surface area contributed by atoms with Crippen molar-refractivity contribution >= 4 is 12.0 Å². The highest BCUT2D eigenvalue weighted by molar-refractivity contribution is 5.84. The summed E-state index contributed by atoms with van der Waals surface area (Å²) in [5.41, 5.74) is -3.04. The Balaban J connectivity index is 3.57. The summed E-state index contributed by atoms with van der Waals surface area (Å²) in [4.78, 5) is 23.1. The Bertz CT molecular complexity index is 496. The predicted octanol–water partition coefficient (Wildman–Crippen LogP) is 1.61. The van der Waals surface area contributed by atoms with Gasteiger partial charge in [-0.25, -0.2) is 13.8 Å². The van der Waals surface area contributed by atoms with E-state index >= 15 is 0 Å². The first-order valence-corrected chi connectivity index (χ1v) is 3.84. The van der Waals surface area contributed by atoms with E-state index in [0.717, 1.165) is 0 Å². The molecule has 1 aromatic heterocycles. The average Bonchev–Trinajstić information content (AvgIpc) is 2.26. The van der Waals surface area contributed by atoms with Crippen LogP contribution in [0, 0.1) is 21.4 Å². The van der Waals surface area contributed by atoms with Gasteiger partial charge in [0.2, 0.25) is 0 Å². The maximum Gasteiger partial charge on any atom is 0.284 e. The Hall–Kier alpha value is -2.43. The van der Waals surface area contributed by atoms with Crippen LogP contribution in [0.2, 0.25) is 0 Å². The average molecular weight is 227 g/mol. The van der Waals surface area contributed by atoms with Gasteiger partial charge in [-0.3, -0.25) is 14.9 Å². The smallest absolute Gasteiger partial charge is 0.284 e. The Morgan fingerprint density at radius 3 is 2.62 bits per heavy atom. The van der Waals surface area contributed by atoms with Gasteiger partial charge in [0.1, 0.15) is 17.3 Å². The molecule has 0 fully saturated rings. The van der Waals surface area contributed by atoms with E-state index in [4.69, 9.17) is 5.26 Å². The first-order valence-electron chi connectivity index (χ1n) is 3.84. The van der Waals surface area contributed by atoms with Crippen LogP contribution in [0.5, 0.6) is 0 Å². The van der Waals surface area contributed by atoms with Crippen molar-refractivity contribution in [1.82, 2.24) is 4.98 Å². The molecule has 0 N–H and O–H groups in total. The number of hydrogen-bond donors (Lipinski definition) is 0. The van der Waals surface area contributed by atoms with Gasteiger partial charge >= 0.3 is 0 Å². The highest BCUT2D eigenvalue weighted by Gasteiger charge is 2.23. The van der Waals surface area contributed by atoms with Crippen molar-refractivity contribution in [3.8, 4) is 6.07 Å². The third-order valence-electron chi connectivity index (χ3n) is 1.70. The molecule has 0 aliphatic carbocycles.